The molecule has 0 aliphatic heterocycles. The lowest BCUT2D eigenvalue weighted by Crippen LogP contribution is -2.11. The molecule has 0 radical (unpaired) electrons. The molecular weight excluding hydrogens is 298 g/mol. The predicted molar refractivity (Wildman–Crippen MR) is 90.0 cm³/mol. The number of hydrogen-bond donors (Lipinski definition) is 3. The summed E-state index contributed by atoms with van der Waals surface area (Å²) in [6.07, 6.45) is 1.69. The molecule has 4 N–H and O–H groups in total. The SMILES string of the molecule is NNc1nc(Nc2ccccc2)ncc1-c1ccccc1Cl. The van der Waals surface area contributed by atoms with Crippen molar-refractivity contribution in [2.45, 2.75) is 0 Å². The Morgan fingerprint density at radius 2 is 1.64 bits per heavy atom. The Morgan fingerprint density at radius 1 is 0.909 bits per heavy atom. The fourth-order valence-corrected chi connectivity index (χ4v) is 2.32. The van der Waals surface area contributed by atoms with Gasteiger partial charge in [0.25, 0.3) is 0 Å². The van der Waals surface area contributed by atoms with Crippen molar-refractivity contribution in [3.8, 4) is 11.1 Å². The minimum Gasteiger partial charge on any atom is -0.324 e. The second-order valence-electron chi connectivity index (χ2n) is 4.57. The Morgan fingerprint density at radius 3 is 2.36 bits per heavy atom. The highest BCUT2D eigenvalue weighted by atomic mass is 35.5. The fraction of sp³-hybridized carbons (Fsp3) is 0. The summed E-state index contributed by atoms with van der Waals surface area (Å²) in [5, 5.41) is 3.74. The van der Waals surface area contributed by atoms with Crippen LogP contribution in [0.5, 0.6) is 0 Å². The van der Waals surface area contributed by atoms with Crippen LogP contribution in [0.1, 0.15) is 0 Å². The maximum absolute atomic E-state index is 6.22. The number of hydrazine groups is 1. The molecule has 6 heteroatoms. The molecule has 0 atom stereocenters. The highest BCUT2D eigenvalue weighted by Crippen LogP contribution is 2.32. The van der Waals surface area contributed by atoms with Crippen molar-refractivity contribution >= 4 is 29.1 Å². The zero-order valence-electron chi connectivity index (χ0n) is 11.6. The van der Waals surface area contributed by atoms with Crippen molar-refractivity contribution in [2.24, 2.45) is 5.84 Å². The summed E-state index contributed by atoms with van der Waals surface area (Å²) in [5.41, 5.74) is 5.06. The Labute approximate surface area is 133 Å². The van der Waals surface area contributed by atoms with Crippen molar-refractivity contribution in [3.05, 3.63) is 65.8 Å². The van der Waals surface area contributed by atoms with Gasteiger partial charge in [-0.1, -0.05) is 48.0 Å². The molecule has 0 fully saturated rings. The third kappa shape index (κ3) is 3.00. The normalized spacial score (nSPS) is 10.3. The Bertz CT molecular complexity index is 776. The molecule has 0 unspecified atom stereocenters. The van der Waals surface area contributed by atoms with Gasteiger partial charge in [-0.25, -0.2) is 10.8 Å². The van der Waals surface area contributed by atoms with Crippen LogP contribution in [-0.2, 0) is 0 Å². The number of benzene rings is 2. The van der Waals surface area contributed by atoms with E-state index in [2.05, 4.69) is 20.7 Å². The van der Waals surface area contributed by atoms with Crippen LogP contribution in [0, 0.1) is 0 Å². The highest BCUT2D eigenvalue weighted by Gasteiger charge is 2.11. The molecule has 2 aromatic carbocycles. The maximum atomic E-state index is 6.22. The quantitative estimate of drug-likeness (QED) is 0.504. The molecule has 0 amide bonds. The molecule has 0 saturated carbocycles. The summed E-state index contributed by atoms with van der Waals surface area (Å²) in [5.74, 6) is 6.54. The van der Waals surface area contributed by atoms with Crippen LogP contribution in [-0.4, -0.2) is 9.97 Å². The number of aromatic nitrogens is 2. The number of nitrogens with two attached hydrogens (primary N) is 1. The number of nitrogen functional groups attached to an aromatic ring is 1. The Hall–Kier alpha value is -2.63. The zero-order valence-corrected chi connectivity index (χ0v) is 12.4. The van der Waals surface area contributed by atoms with Gasteiger partial charge in [-0.2, -0.15) is 4.98 Å². The van der Waals surface area contributed by atoms with Crippen molar-refractivity contribution < 1.29 is 0 Å². The first kappa shape index (κ1) is 14.3. The summed E-state index contributed by atoms with van der Waals surface area (Å²) < 4.78 is 0. The van der Waals surface area contributed by atoms with E-state index >= 15 is 0 Å². The summed E-state index contributed by atoms with van der Waals surface area (Å²) in [7, 11) is 0. The third-order valence-corrected chi connectivity index (χ3v) is 3.45. The summed E-state index contributed by atoms with van der Waals surface area (Å²) in [4.78, 5) is 8.71. The lowest BCUT2D eigenvalue weighted by molar-refractivity contribution is 1.14. The molecule has 0 spiro atoms. The van der Waals surface area contributed by atoms with Crippen LogP contribution in [0.4, 0.5) is 17.5 Å². The number of hydrogen-bond acceptors (Lipinski definition) is 5. The first-order chi connectivity index (χ1) is 10.8. The first-order valence-electron chi connectivity index (χ1n) is 6.68. The standard InChI is InChI=1S/C16H14ClN5/c17-14-9-5-4-8-12(14)13-10-19-16(21-15(13)22-18)20-11-6-2-1-3-7-11/h1-10H,18H2,(H2,19,20,21,22). The van der Waals surface area contributed by atoms with Gasteiger partial charge in [0.2, 0.25) is 5.95 Å². The van der Waals surface area contributed by atoms with E-state index in [1.165, 1.54) is 0 Å². The van der Waals surface area contributed by atoms with Gasteiger partial charge in [-0.05, 0) is 18.2 Å². The first-order valence-corrected chi connectivity index (χ1v) is 7.06. The van der Waals surface area contributed by atoms with E-state index in [1.54, 1.807) is 6.20 Å². The predicted octanol–water partition coefficient (Wildman–Crippen LogP) is 3.83. The van der Waals surface area contributed by atoms with Crippen LogP contribution >= 0.6 is 11.6 Å². The van der Waals surface area contributed by atoms with Crippen molar-refractivity contribution in [1.29, 1.82) is 0 Å². The Balaban J connectivity index is 1.96. The molecule has 1 heterocycles. The maximum Gasteiger partial charge on any atom is 0.229 e. The third-order valence-electron chi connectivity index (χ3n) is 3.12. The van der Waals surface area contributed by atoms with Gasteiger partial charge in [0.15, 0.2) is 5.82 Å². The van der Waals surface area contributed by atoms with E-state index in [9.17, 15) is 0 Å². The molecule has 5 nitrogen and oxygen atoms in total. The van der Waals surface area contributed by atoms with E-state index in [0.29, 0.717) is 16.8 Å². The lowest BCUT2D eigenvalue weighted by Gasteiger charge is -2.11. The van der Waals surface area contributed by atoms with Gasteiger partial charge in [0.1, 0.15) is 0 Å². The van der Waals surface area contributed by atoms with E-state index < -0.39 is 0 Å². The van der Waals surface area contributed by atoms with Gasteiger partial charge in [0.05, 0.1) is 0 Å². The zero-order chi connectivity index (χ0) is 15.4. The molecule has 1 aromatic heterocycles. The van der Waals surface area contributed by atoms with Gasteiger partial charge in [-0.15, -0.1) is 0 Å². The number of rotatable bonds is 4. The van der Waals surface area contributed by atoms with E-state index in [4.69, 9.17) is 17.4 Å². The molecule has 0 aliphatic carbocycles. The minimum atomic E-state index is 0.454. The molecule has 3 aromatic rings. The molecule has 3 rings (SSSR count). The second kappa shape index (κ2) is 6.43. The van der Waals surface area contributed by atoms with Gasteiger partial charge in [-0.3, -0.25) is 0 Å². The van der Waals surface area contributed by atoms with Gasteiger partial charge < -0.3 is 10.7 Å². The minimum absolute atomic E-state index is 0.454. The average Bonchev–Trinajstić information content (AvgIpc) is 2.56. The largest absolute Gasteiger partial charge is 0.324 e. The number of para-hydroxylation sites is 1. The molecule has 0 saturated heterocycles. The second-order valence-corrected chi connectivity index (χ2v) is 4.98. The number of anilines is 3. The topological polar surface area (TPSA) is 75.9 Å². The lowest BCUT2D eigenvalue weighted by atomic mass is 10.1. The molecule has 22 heavy (non-hydrogen) atoms. The fourth-order valence-electron chi connectivity index (χ4n) is 2.08. The summed E-state index contributed by atoms with van der Waals surface area (Å²) in [6, 6.07) is 17.1. The highest BCUT2D eigenvalue weighted by molar-refractivity contribution is 6.33. The molecule has 110 valence electrons. The number of nitrogens with one attached hydrogen (secondary N) is 2. The summed E-state index contributed by atoms with van der Waals surface area (Å²) in [6.45, 7) is 0. The van der Waals surface area contributed by atoms with Crippen molar-refractivity contribution in [2.75, 3.05) is 10.7 Å². The Kier molecular flexibility index (Phi) is 4.18. The van der Waals surface area contributed by atoms with Crippen LogP contribution in [0.3, 0.4) is 0 Å². The van der Waals surface area contributed by atoms with Crippen LogP contribution in [0.2, 0.25) is 5.02 Å². The molecule has 0 aliphatic rings. The van der Waals surface area contributed by atoms with Crippen LogP contribution in [0.25, 0.3) is 11.1 Å². The average molecular weight is 312 g/mol. The van der Waals surface area contributed by atoms with Crippen LogP contribution in [0.15, 0.2) is 60.8 Å². The van der Waals surface area contributed by atoms with Gasteiger partial charge >= 0.3 is 0 Å². The summed E-state index contributed by atoms with van der Waals surface area (Å²) >= 11 is 6.22. The number of nitrogens with zero attached hydrogens (tertiary/aromatic N) is 2. The van der Waals surface area contributed by atoms with E-state index in [1.807, 2.05) is 54.6 Å². The number of halogens is 1. The van der Waals surface area contributed by atoms with E-state index in [-0.39, 0.29) is 0 Å². The smallest absolute Gasteiger partial charge is 0.229 e. The molecular formula is C16H14ClN5. The van der Waals surface area contributed by atoms with Gasteiger partial charge in [0, 0.05) is 28.0 Å². The van der Waals surface area contributed by atoms with E-state index in [0.717, 1.165) is 16.8 Å². The van der Waals surface area contributed by atoms with Crippen LogP contribution < -0.4 is 16.6 Å². The van der Waals surface area contributed by atoms with Crippen molar-refractivity contribution in [3.63, 3.8) is 0 Å². The monoisotopic (exact) mass is 311 g/mol. The molecule has 0 bridgehead atoms. The van der Waals surface area contributed by atoms with Crippen molar-refractivity contribution in [1.82, 2.24) is 9.97 Å².